The fourth-order valence-electron chi connectivity index (χ4n) is 3.37. The van der Waals surface area contributed by atoms with E-state index in [1.807, 2.05) is 6.92 Å². The molecule has 6 heteroatoms. The van der Waals surface area contributed by atoms with E-state index in [4.69, 9.17) is 4.99 Å². The SMILES string of the molecule is Cc1cc([N+](=O)[O-])ccc1/N=C1\SCCN1CC1CCCCC1. The molecule has 0 aromatic heterocycles. The van der Waals surface area contributed by atoms with Crippen molar-refractivity contribution in [3.63, 3.8) is 0 Å². The Labute approximate surface area is 141 Å². The summed E-state index contributed by atoms with van der Waals surface area (Å²) >= 11 is 1.80. The molecule has 1 aliphatic carbocycles. The average molecular weight is 333 g/mol. The van der Waals surface area contributed by atoms with E-state index in [1.54, 1.807) is 23.9 Å². The third-order valence-electron chi connectivity index (χ3n) is 4.67. The summed E-state index contributed by atoms with van der Waals surface area (Å²) in [4.78, 5) is 17.7. The van der Waals surface area contributed by atoms with Crippen molar-refractivity contribution in [2.45, 2.75) is 39.0 Å². The minimum absolute atomic E-state index is 0.129. The third-order valence-corrected chi connectivity index (χ3v) is 5.67. The van der Waals surface area contributed by atoms with Crippen molar-refractivity contribution in [2.24, 2.45) is 10.9 Å². The molecule has 124 valence electrons. The van der Waals surface area contributed by atoms with Gasteiger partial charge in [0.05, 0.1) is 10.6 Å². The van der Waals surface area contributed by atoms with Crippen LogP contribution < -0.4 is 0 Å². The van der Waals surface area contributed by atoms with Crippen LogP contribution in [0, 0.1) is 23.0 Å². The van der Waals surface area contributed by atoms with Crippen molar-refractivity contribution in [1.82, 2.24) is 4.90 Å². The minimum Gasteiger partial charge on any atom is -0.350 e. The molecule has 3 rings (SSSR count). The van der Waals surface area contributed by atoms with Crippen LogP contribution in [0.25, 0.3) is 0 Å². The number of aryl methyl sites for hydroxylation is 1. The number of thioether (sulfide) groups is 1. The average Bonchev–Trinajstić information content (AvgIpc) is 2.97. The fourth-order valence-corrected chi connectivity index (χ4v) is 4.38. The number of amidine groups is 1. The molecule has 0 unspecified atom stereocenters. The van der Waals surface area contributed by atoms with Gasteiger partial charge < -0.3 is 4.90 Å². The number of nitrogens with zero attached hydrogens (tertiary/aromatic N) is 3. The Morgan fingerprint density at radius 2 is 2.13 bits per heavy atom. The number of nitro benzene ring substituents is 1. The first kappa shape index (κ1) is 16.3. The van der Waals surface area contributed by atoms with Gasteiger partial charge in [-0.15, -0.1) is 0 Å². The highest BCUT2D eigenvalue weighted by Gasteiger charge is 2.24. The zero-order valence-electron chi connectivity index (χ0n) is 13.5. The number of hydrogen-bond acceptors (Lipinski definition) is 4. The van der Waals surface area contributed by atoms with Crippen LogP contribution in [-0.2, 0) is 0 Å². The Bertz CT molecular complexity index is 612. The summed E-state index contributed by atoms with van der Waals surface area (Å²) < 4.78 is 0. The highest BCUT2D eigenvalue weighted by Crippen LogP contribution is 2.30. The summed E-state index contributed by atoms with van der Waals surface area (Å²) in [6.45, 7) is 4.06. The standard InChI is InChI=1S/C17H23N3O2S/c1-13-11-15(20(21)22)7-8-16(13)18-17-19(9-10-23-17)12-14-5-3-2-4-6-14/h7-8,11,14H,2-6,9-10,12H2,1H3/b18-17-. The first-order valence-corrected chi connectivity index (χ1v) is 9.33. The molecule has 1 saturated heterocycles. The van der Waals surface area contributed by atoms with Crippen molar-refractivity contribution < 1.29 is 4.92 Å². The predicted octanol–water partition coefficient (Wildman–Crippen LogP) is 4.52. The first-order chi connectivity index (χ1) is 11.1. The molecule has 2 aliphatic rings. The van der Waals surface area contributed by atoms with Gasteiger partial charge >= 0.3 is 0 Å². The zero-order valence-corrected chi connectivity index (χ0v) is 14.3. The summed E-state index contributed by atoms with van der Waals surface area (Å²) in [7, 11) is 0. The topological polar surface area (TPSA) is 58.7 Å². The van der Waals surface area contributed by atoms with E-state index in [1.165, 1.54) is 38.2 Å². The van der Waals surface area contributed by atoms with Crippen molar-refractivity contribution in [2.75, 3.05) is 18.8 Å². The van der Waals surface area contributed by atoms with Crippen LogP contribution in [0.1, 0.15) is 37.7 Å². The minimum atomic E-state index is -0.358. The van der Waals surface area contributed by atoms with Gasteiger partial charge in [0.25, 0.3) is 5.69 Å². The van der Waals surface area contributed by atoms with E-state index in [0.717, 1.165) is 41.2 Å². The second kappa shape index (κ2) is 7.34. The van der Waals surface area contributed by atoms with Crippen LogP contribution in [0.4, 0.5) is 11.4 Å². The van der Waals surface area contributed by atoms with Crippen LogP contribution in [0.5, 0.6) is 0 Å². The molecule has 5 nitrogen and oxygen atoms in total. The number of benzene rings is 1. The Kier molecular flexibility index (Phi) is 5.20. The lowest BCUT2D eigenvalue weighted by atomic mass is 9.89. The monoisotopic (exact) mass is 333 g/mol. The van der Waals surface area contributed by atoms with Gasteiger partial charge in [-0.25, -0.2) is 4.99 Å². The number of hydrogen-bond donors (Lipinski definition) is 0. The van der Waals surface area contributed by atoms with E-state index in [-0.39, 0.29) is 10.6 Å². The molecule has 1 aromatic rings. The fraction of sp³-hybridized carbons (Fsp3) is 0.588. The van der Waals surface area contributed by atoms with E-state index in [0.29, 0.717) is 0 Å². The van der Waals surface area contributed by atoms with Crippen molar-refractivity contribution in [3.05, 3.63) is 33.9 Å². The lowest BCUT2D eigenvalue weighted by molar-refractivity contribution is -0.384. The van der Waals surface area contributed by atoms with Gasteiger partial charge in [-0.2, -0.15) is 0 Å². The van der Waals surface area contributed by atoms with E-state index < -0.39 is 0 Å². The molecule has 1 heterocycles. The van der Waals surface area contributed by atoms with Crippen LogP contribution >= 0.6 is 11.8 Å². The van der Waals surface area contributed by atoms with Crippen molar-refractivity contribution >= 4 is 28.3 Å². The van der Waals surface area contributed by atoms with Crippen LogP contribution in [0.15, 0.2) is 23.2 Å². The highest BCUT2D eigenvalue weighted by molar-refractivity contribution is 8.14. The summed E-state index contributed by atoms with van der Waals surface area (Å²) in [5, 5.41) is 11.9. The van der Waals surface area contributed by atoms with Gasteiger partial charge in [-0.1, -0.05) is 31.0 Å². The molecule has 0 spiro atoms. The number of rotatable bonds is 4. The van der Waals surface area contributed by atoms with E-state index in [2.05, 4.69) is 4.90 Å². The van der Waals surface area contributed by atoms with Crippen LogP contribution in [0.2, 0.25) is 0 Å². The molecular formula is C17H23N3O2S. The molecule has 1 aromatic carbocycles. The Hall–Kier alpha value is -1.56. The summed E-state index contributed by atoms with van der Waals surface area (Å²) in [6, 6.07) is 4.90. The van der Waals surface area contributed by atoms with Gasteiger partial charge in [-0.05, 0) is 37.3 Å². The first-order valence-electron chi connectivity index (χ1n) is 8.35. The predicted molar refractivity (Wildman–Crippen MR) is 95.5 cm³/mol. The largest absolute Gasteiger partial charge is 0.350 e. The van der Waals surface area contributed by atoms with Crippen LogP contribution in [-0.4, -0.2) is 33.8 Å². The number of non-ortho nitro benzene ring substituents is 1. The molecule has 23 heavy (non-hydrogen) atoms. The Morgan fingerprint density at radius 3 is 2.83 bits per heavy atom. The highest BCUT2D eigenvalue weighted by atomic mass is 32.2. The molecule has 2 fully saturated rings. The molecule has 1 saturated carbocycles. The summed E-state index contributed by atoms with van der Waals surface area (Å²) in [6.07, 6.45) is 6.78. The summed E-state index contributed by atoms with van der Waals surface area (Å²) in [5.74, 6) is 1.88. The molecule has 0 amide bonds. The molecule has 0 radical (unpaired) electrons. The van der Waals surface area contributed by atoms with Crippen LogP contribution in [0.3, 0.4) is 0 Å². The lowest BCUT2D eigenvalue weighted by Gasteiger charge is -2.27. The zero-order chi connectivity index (χ0) is 16.2. The summed E-state index contributed by atoms with van der Waals surface area (Å²) in [5.41, 5.74) is 1.83. The third kappa shape index (κ3) is 4.05. The maximum Gasteiger partial charge on any atom is 0.269 e. The smallest absolute Gasteiger partial charge is 0.269 e. The van der Waals surface area contributed by atoms with Gasteiger partial charge in [0, 0.05) is 31.0 Å². The molecule has 0 bridgehead atoms. The maximum atomic E-state index is 10.8. The maximum absolute atomic E-state index is 10.8. The molecule has 1 aliphatic heterocycles. The molecular weight excluding hydrogens is 310 g/mol. The number of nitro groups is 1. The van der Waals surface area contributed by atoms with Crippen molar-refractivity contribution in [3.8, 4) is 0 Å². The Balaban J connectivity index is 1.73. The lowest BCUT2D eigenvalue weighted by Crippen LogP contribution is -2.31. The Morgan fingerprint density at radius 1 is 1.35 bits per heavy atom. The quantitative estimate of drug-likeness (QED) is 0.600. The second-order valence-corrected chi connectivity index (χ2v) is 7.48. The van der Waals surface area contributed by atoms with Gasteiger partial charge in [-0.3, -0.25) is 10.1 Å². The second-order valence-electron chi connectivity index (χ2n) is 6.42. The molecule has 0 atom stereocenters. The van der Waals surface area contributed by atoms with E-state index >= 15 is 0 Å². The van der Waals surface area contributed by atoms with Gasteiger partial charge in [0.15, 0.2) is 5.17 Å². The molecule has 0 N–H and O–H groups in total. The van der Waals surface area contributed by atoms with Crippen molar-refractivity contribution in [1.29, 1.82) is 0 Å². The van der Waals surface area contributed by atoms with Gasteiger partial charge in [0.1, 0.15) is 0 Å². The van der Waals surface area contributed by atoms with Gasteiger partial charge in [0.2, 0.25) is 0 Å². The van der Waals surface area contributed by atoms with E-state index in [9.17, 15) is 10.1 Å². The number of aliphatic imine (C=N–C) groups is 1. The normalized spacial score (nSPS) is 21.1.